The second-order valence-electron chi connectivity index (χ2n) is 6.86. The third-order valence-corrected chi connectivity index (χ3v) is 5.89. The number of anilines is 2. The molecule has 0 saturated heterocycles. The molecule has 0 aliphatic heterocycles. The Hall–Kier alpha value is -4.03. The smallest absolute Gasteiger partial charge is 0.340 e. The van der Waals surface area contributed by atoms with Gasteiger partial charge in [0, 0.05) is 17.4 Å². The number of rotatable bonds is 5. The van der Waals surface area contributed by atoms with Crippen molar-refractivity contribution in [2.75, 3.05) is 5.32 Å². The van der Waals surface area contributed by atoms with E-state index in [4.69, 9.17) is 4.98 Å². The Bertz CT molecular complexity index is 1360. The minimum atomic E-state index is -0.386. The molecule has 0 saturated carbocycles. The van der Waals surface area contributed by atoms with Crippen LogP contribution in [-0.2, 0) is 0 Å². The van der Waals surface area contributed by atoms with Gasteiger partial charge in [-0.3, -0.25) is 4.57 Å². The lowest BCUT2D eigenvalue weighted by molar-refractivity contribution is 0.895. The van der Waals surface area contributed by atoms with Crippen molar-refractivity contribution < 1.29 is 0 Å². The minimum Gasteiger partial charge on any atom is -0.340 e. The summed E-state index contributed by atoms with van der Waals surface area (Å²) in [5, 5.41) is 4.01. The molecule has 1 N–H and O–H groups in total. The number of nitrogens with zero attached hydrogens (tertiary/aromatic N) is 3. The highest BCUT2D eigenvalue weighted by Gasteiger charge is 2.17. The van der Waals surface area contributed by atoms with E-state index in [-0.39, 0.29) is 5.69 Å². The van der Waals surface area contributed by atoms with E-state index in [2.05, 4.69) is 10.3 Å². The molecule has 0 aliphatic carbocycles. The van der Waals surface area contributed by atoms with Gasteiger partial charge in [0.1, 0.15) is 10.8 Å². The molecule has 2 aromatic heterocycles. The van der Waals surface area contributed by atoms with Crippen LogP contribution in [0.25, 0.3) is 26.8 Å². The Morgan fingerprint density at radius 1 is 0.710 bits per heavy atom. The zero-order chi connectivity index (χ0) is 21.0. The molecule has 0 radical (unpaired) electrons. The fraction of sp³-hybridized carbons (Fsp3) is 0. The normalized spacial score (nSPS) is 10.7. The van der Waals surface area contributed by atoms with Gasteiger partial charge in [0.05, 0.1) is 4.88 Å². The molecule has 5 nitrogen and oxygen atoms in total. The summed E-state index contributed by atoms with van der Waals surface area (Å²) < 4.78 is 1.50. The predicted molar refractivity (Wildman–Crippen MR) is 126 cm³/mol. The van der Waals surface area contributed by atoms with Crippen molar-refractivity contribution >= 4 is 22.8 Å². The zero-order valence-electron chi connectivity index (χ0n) is 16.5. The summed E-state index contributed by atoms with van der Waals surface area (Å²) in [4.78, 5) is 22.9. The lowest BCUT2D eigenvalue weighted by Crippen LogP contribution is -2.22. The van der Waals surface area contributed by atoms with Crippen LogP contribution in [0.4, 0.5) is 11.5 Å². The van der Waals surface area contributed by atoms with Crippen molar-refractivity contribution in [3.63, 3.8) is 0 Å². The molecule has 6 heteroatoms. The highest BCUT2D eigenvalue weighted by molar-refractivity contribution is 7.18. The van der Waals surface area contributed by atoms with E-state index in [1.807, 2.05) is 91.0 Å². The second kappa shape index (κ2) is 8.38. The Kier molecular flexibility index (Phi) is 5.12. The zero-order valence-corrected chi connectivity index (χ0v) is 17.3. The van der Waals surface area contributed by atoms with Crippen molar-refractivity contribution in [2.45, 2.75) is 0 Å². The molecule has 5 rings (SSSR count). The highest BCUT2D eigenvalue weighted by atomic mass is 32.1. The molecule has 150 valence electrons. The fourth-order valence-electron chi connectivity index (χ4n) is 3.26. The number of hydrogen-bond acceptors (Lipinski definition) is 5. The van der Waals surface area contributed by atoms with Crippen molar-refractivity contribution in [1.82, 2.24) is 14.5 Å². The molecule has 2 heterocycles. The number of nitrogens with one attached hydrogen (secondary N) is 1. The van der Waals surface area contributed by atoms with Gasteiger partial charge >= 0.3 is 5.69 Å². The van der Waals surface area contributed by atoms with Gasteiger partial charge in [-0.1, -0.05) is 78.9 Å². The third kappa shape index (κ3) is 4.01. The first kappa shape index (κ1) is 19.0. The lowest BCUT2D eigenvalue weighted by Gasteiger charge is -2.08. The van der Waals surface area contributed by atoms with E-state index in [0.29, 0.717) is 11.6 Å². The molecule has 0 aliphatic rings. The van der Waals surface area contributed by atoms with Crippen molar-refractivity contribution in [3.05, 3.63) is 114 Å². The third-order valence-electron chi connectivity index (χ3n) is 4.74. The van der Waals surface area contributed by atoms with E-state index in [1.54, 1.807) is 23.6 Å². The van der Waals surface area contributed by atoms with E-state index >= 15 is 0 Å². The fourth-order valence-corrected chi connectivity index (χ4v) is 4.33. The van der Waals surface area contributed by atoms with Gasteiger partial charge in [-0.05, 0) is 23.8 Å². The van der Waals surface area contributed by atoms with Crippen LogP contribution in [0.5, 0.6) is 0 Å². The maximum atomic E-state index is 12.9. The van der Waals surface area contributed by atoms with E-state index in [1.165, 1.54) is 4.57 Å². The number of thiazole rings is 1. The minimum absolute atomic E-state index is 0.386. The van der Waals surface area contributed by atoms with Crippen LogP contribution in [0.2, 0.25) is 0 Å². The Balaban J connectivity index is 1.59. The topological polar surface area (TPSA) is 59.8 Å². The van der Waals surface area contributed by atoms with Crippen molar-refractivity contribution in [3.8, 4) is 26.8 Å². The van der Waals surface area contributed by atoms with Crippen LogP contribution < -0.4 is 11.0 Å². The van der Waals surface area contributed by atoms with E-state index in [9.17, 15) is 4.79 Å². The molecule has 0 atom stereocenters. The molecule has 0 bridgehead atoms. The molecule has 31 heavy (non-hydrogen) atoms. The first-order valence-corrected chi connectivity index (χ1v) is 10.6. The van der Waals surface area contributed by atoms with Gasteiger partial charge in [-0.25, -0.2) is 9.78 Å². The van der Waals surface area contributed by atoms with Gasteiger partial charge in [-0.15, -0.1) is 11.3 Å². The summed E-state index contributed by atoms with van der Waals surface area (Å²) in [6.07, 6.45) is 1.72. The van der Waals surface area contributed by atoms with E-state index < -0.39 is 0 Å². The van der Waals surface area contributed by atoms with Crippen LogP contribution in [0.1, 0.15) is 0 Å². The Morgan fingerprint density at radius 2 is 1.32 bits per heavy atom. The Morgan fingerprint density at radius 3 is 1.97 bits per heavy atom. The average Bonchev–Trinajstić information content (AvgIpc) is 3.26. The van der Waals surface area contributed by atoms with Crippen molar-refractivity contribution in [1.29, 1.82) is 0 Å². The number of para-hydroxylation sites is 1. The highest BCUT2D eigenvalue weighted by Crippen LogP contribution is 2.36. The molecule has 0 spiro atoms. The molecule has 3 aromatic carbocycles. The predicted octanol–water partition coefficient (Wildman–Crippen LogP) is 5.77. The van der Waals surface area contributed by atoms with Crippen LogP contribution in [-0.4, -0.2) is 14.5 Å². The van der Waals surface area contributed by atoms with Gasteiger partial charge in [0.25, 0.3) is 0 Å². The molecule has 0 fully saturated rings. The number of benzene rings is 3. The summed E-state index contributed by atoms with van der Waals surface area (Å²) in [7, 11) is 0. The maximum absolute atomic E-state index is 12.9. The van der Waals surface area contributed by atoms with Gasteiger partial charge in [0.2, 0.25) is 0 Å². The first-order valence-electron chi connectivity index (χ1n) is 9.82. The number of hydrogen-bond donors (Lipinski definition) is 1. The largest absolute Gasteiger partial charge is 0.355 e. The summed E-state index contributed by atoms with van der Waals surface area (Å²) in [5.74, 6) is 1.08. The summed E-state index contributed by atoms with van der Waals surface area (Å²) in [6, 6.07) is 31.4. The molecule has 0 amide bonds. The van der Waals surface area contributed by atoms with Crippen LogP contribution >= 0.6 is 11.3 Å². The van der Waals surface area contributed by atoms with Gasteiger partial charge < -0.3 is 5.32 Å². The standard InChI is InChI=1S/C25H18N4OS/c30-25-27-21(26-20-14-8-3-9-15-20)16-17-29(25)23-22(18-10-4-1-5-11-18)31-24(28-23)19-12-6-2-7-13-19/h1-17H,(H,26,27,30). The quantitative estimate of drug-likeness (QED) is 0.391. The molecular weight excluding hydrogens is 404 g/mol. The Labute approximate surface area is 183 Å². The maximum Gasteiger partial charge on any atom is 0.355 e. The summed E-state index contributed by atoms with van der Waals surface area (Å²) >= 11 is 1.56. The summed E-state index contributed by atoms with van der Waals surface area (Å²) in [5.41, 5.74) is 2.51. The van der Waals surface area contributed by atoms with E-state index in [0.717, 1.165) is 26.7 Å². The first-order chi connectivity index (χ1) is 15.3. The monoisotopic (exact) mass is 422 g/mol. The lowest BCUT2D eigenvalue weighted by atomic mass is 10.2. The molecule has 0 unspecified atom stereocenters. The number of aromatic nitrogens is 3. The average molecular weight is 423 g/mol. The molecule has 5 aromatic rings. The van der Waals surface area contributed by atoms with Gasteiger partial charge in [0.15, 0.2) is 5.82 Å². The SMILES string of the molecule is O=c1nc(Nc2ccccc2)ccn1-c1nc(-c2ccccc2)sc1-c1ccccc1. The summed E-state index contributed by atoms with van der Waals surface area (Å²) in [6.45, 7) is 0. The second-order valence-corrected chi connectivity index (χ2v) is 7.86. The van der Waals surface area contributed by atoms with Crippen LogP contribution in [0, 0.1) is 0 Å². The van der Waals surface area contributed by atoms with Crippen molar-refractivity contribution in [2.24, 2.45) is 0 Å². The molecular formula is C25H18N4OS. The van der Waals surface area contributed by atoms with Crippen LogP contribution in [0.15, 0.2) is 108 Å². The van der Waals surface area contributed by atoms with Gasteiger partial charge in [-0.2, -0.15) is 4.98 Å². The van der Waals surface area contributed by atoms with Crippen LogP contribution in [0.3, 0.4) is 0 Å².